The summed E-state index contributed by atoms with van der Waals surface area (Å²) in [5.74, 6) is 1.24. The summed E-state index contributed by atoms with van der Waals surface area (Å²) >= 11 is 0. The molecule has 0 atom stereocenters. The van der Waals surface area contributed by atoms with Gasteiger partial charge >= 0.3 is 0 Å². The van der Waals surface area contributed by atoms with Crippen LogP contribution in [0.5, 0.6) is 5.75 Å². The van der Waals surface area contributed by atoms with Gasteiger partial charge in [-0.2, -0.15) is 0 Å². The van der Waals surface area contributed by atoms with Crippen molar-refractivity contribution in [3.8, 4) is 5.75 Å². The Morgan fingerprint density at radius 3 is 2.59 bits per heavy atom. The molecule has 0 unspecified atom stereocenters. The Kier molecular flexibility index (Phi) is 7.67. The van der Waals surface area contributed by atoms with E-state index >= 15 is 0 Å². The molecule has 0 saturated carbocycles. The predicted octanol–water partition coefficient (Wildman–Crippen LogP) is 3.22. The van der Waals surface area contributed by atoms with Crippen LogP contribution in [0.4, 0.5) is 5.69 Å². The van der Waals surface area contributed by atoms with Crippen molar-refractivity contribution in [2.45, 2.75) is 33.9 Å². The first kappa shape index (κ1) is 20.3. The summed E-state index contributed by atoms with van der Waals surface area (Å²) in [6.45, 7) is 7.58. The van der Waals surface area contributed by atoms with Crippen LogP contribution in [0.3, 0.4) is 0 Å². The molecule has 0 bridgehead atoms. The molecule has 0 aromatic heterocycles. The summed E-state index contributed by atoms with van der Waals surface area (Å²) < 4.78 is 5.29. The zero-order valence-electron chi connectivity index (χ0n) is 16.4. The van der Waals surface area contributed by atoms with Gasteiger partial charge in [0.15, 0.2) is 5.96 Å². The maximum absolute atomic E-state index is 11.4. The van der Waals surface area contributed by atoms with E-state index in [4.69, 9.17) is 4.74 Å². The van der Waals surface area contributed by atoms with Crippen molar-refractivity contribution in [2.75, 3.05) is 19.0 Å². The fourth-order valence-electron chi connectivity index (χ4n) is 2.64. The van der Waals surface area contributed by atoms with Gasteiger partial charge in [0, 0.05) is 20.0 Å². The number of aliphatic imine (C=N–C) groups is 1. The first-order chi connectivity index (χ1) is 13.0. The van der Waals surface area contributed by atoms with Gasteiger partial charge < -0.3 is 20.7 Å². The molecule has 27 heavy (non-hydrogen) atoms. The second-order valence-electron chi connectivity index (χ2n) is 6.19. The third-order valence-electron chi connectivity index (χ3n) is 4.05. The fourth-order valence-corrected chi connectivity index (χ4v) is 2.64. The van der Waals surface area contributed by atoms with Gasteiger partial charge in [-0.05, 0) is 42.7 Å². The molecular formula is C21H28N4O2. The monoisotopic (exact) mass is 368 g/mol. The minimum absolute atomic E-state index is 0.137. The van der Waals surface area contributed by atoms with Crippen molar-refractivity contribution in [1.82, 2.24) is 10.6 Å². The van der Waals surface area contributed by atoms with E-state index in [9.17, 15) is 4.79 Å². The SMILES string of the molecule is CCNC(=NCc1ccc(OC)c(NC(C)=O)c1)NCc1ccccc1C. The molecule has 1 amide bonds. The van der Waals surface area contributed by atoms with Crippen molar-refractivity contribution < 1.29 is 9.53 Å². The average molecular weight is 368 g/mol. The van der Waals surface area contributed by atoms with Crippen LogP contribution in [-0.4, -0.2) is 25.5 Å². The first-order valence-electron chi connectivity index (χ1n) is 9.04. The van der Waals surface area contributed by atoms with E-state index in [2.05, 4.69) is 40.0 Å². The topological polar surface area (TPSA) is 74.8 Å². The Bertz CT molecular complexity index is 803. The second-order valence-corrected chi connectivity index (χ2v) is 6.19. The molecule has 0 radical (unpaired) electrons. The summed E-state index contributed by atoms with van der Waals surface area (Å²) in [6.07, 6.45) is 0. The van der Waals surface area contributed by atoms with Gasteiger partial charge in [-0.25, -0.2) is 4.99 Å². The minimum Gasteiger partial charge on any atom is -0.495 e. The Balaban J connectivity index is 2.09. The van der Waals surface area contributed by atoms with Crippen LogP contribution in [0.1, 0.15) is 30.5 Å². The summed E-state index contributed by atoms with van der Waals surface area (Å²) in [5, 5.41) is 9.41. The highest BCUT2D eigenvalue weighted by Crippen LogP contribution is 2.25. The van der Waals surface area contributed by atoms with E-state index in [0.717, 1.165) is 18.1 Å². The number of hydrogen-bond donors (Lipinski definition) is 3. The summed E-state index contributed by atoms with van der Waals surface area (Å²) in [7, 11) is 1.58. The van der Waals surface area contributed by atoms with E-state index < -0.39 is 0 Å². The number of carbonyl (C=O) groups is 1. The lowest BCUT2D eigenvalue weighted by Gasteiger charge is -2.13. The number of carbonyl (C=O) groups excluding carboxylic acids is 1. The summed E-state index contributed by atoms with van der Waals surface area (Å²) in [6, 6.07) is 13.9. The number of nitrogens with one attached hydrogen (secondary N) is 3. The van der Waals surface area contributed by atoms with E-state index in [1.54, 1.807) is 7.11 Å². The van der Waals surface area contributed by atoms with Crippen LogP contribution in [0.2, 0.25) is 0 Å². The van der Waals surface area contributed by atoms with Gasteiger partial charge in [0.05, 0.1) is 19.3 Å². The van der Waals surface area contributed by atoms with Crippen LogP contribution >= 0.6 is 0 Å². The lowest BCUT2D eigenvalue weighted by atomic mass is 10.1. The fraction of sp³-hybridized carbons (Fsp3) is 0.333. The zero-order valence-corrected chi connectivity index (χ0v) is 16.4. The van der Waals surface area contributed by atoms with Crippen LogP contribution < -0.4 is 20.7 Å². The zero-order chi connectivity index (χ0) is 19.6. The number of hydrogen-bond acceptors (Lipinski definition) is 3. The average Bonchev–Trinajstić information content (AvgIpc) is 2.65. The lowest BCUT2D eigenvalue weighted by Crippen LogP contribution is -2.36. The van der Waals surface area contributed by atoms with Crippen LogP contribution in [0, 0.1) is 6.92 Å². The Labute approximate surface area is 161 Å². The number of methoxy groups -OCH3 is 1. The van der Waals surface area contributed by atoms with E-state index in [1.165, 1.54) is 18.1 Å². The molecule has 3 N–H and O–H groups in total. The Morgan fingerprint density at radius 2 is 1.93 bits per heavy atom. The van der Waals surface area contributed by atoms with E-state index in [1.807, 2.05) is 37.3 Å². The lowest BCUT2D eigenvalue weighted by molar-refractivity contribution is -0.114. The largest absolute Gasteiger partial charge is 0.495 e. The quantitative estimate of drug-likeness (QED) is 0.518. The molecule has 0 aliphatic rings. The van der Waals surface area contributed by atoms with Gasteiger partial charge in [0.2, 0.25) is 5.91 Å². The van der Waals surface area contributed by atoms with E-state index in [0.29, 0.717) is 24.5 Å². The van der Waals surface area contributed by atoms with Crippen molar-refractivity contribution >= 4 is 17.6 Å². The molecule has 144 valence electrons. The van der Waals surface area contributed by atoms with Crippen molar-refractivity contribution in [2.24, 2.45) is 4.99 Å². The maximum Gasteiger partial charge on any atom is 0.221 e. The molecular weight excluding hydrogens is 340 g/mol. The highest BCUT2D eigenvalue weighted by Gasteiger charge is 2.06. The smallest absolute Gasteiger partial charge is 0.221 e. The summed E-state index contributed by atoms with van der Waals surface area (Å²) in [4.78, 5) is 16.0. The number of ether oxygens (including phenoxy) is 1. The van der Waals surface area contributed by atoms with Crippen LogP contribution in [0.15, 0.2) is 47.5 Å². The molecule has 0 heterocycles. The van der Waals surface area contributed by atoms with Crippen LogP contribution in [-0.2, 0) is 17.9 Å². The van der Waals surface area contributed by atoms with Gasteiger partial charge in [0.1, 0.15) is 5.75 Å². The molecule has 0 aliphatic carbocycles. The van der Waals surface area contributed by atoms with Gasteiger partial charge in [-0.1, -0.05) is 30.3 Å². The first-order valence-corrected chi connectivity index (χ1v) is 9.04. The standard InChI is InChI=1S/C21H28N4O2/c1-5-22-21(24-14-18-9-7-6-8-15(18)2)23-13-17-10-11-20(27-4)19(12-17)25-16(3)26/h6-12H,5,13-14H2,1-4H3,(H,25,26)(H2,22,23,24). The minimum atomic E-state index is -0.137. The molecule has 0 saturated heterocycles. The number of anilines is 1. The Morgan fingerprint density at radius 1 is 1.15 bits per heavy atom. The van der Waals surface area contributed by atoms with Crippen molar-refractivity contribution in [3.05, 3.63) is 59.2 Å². The normalized spacial score (nSPS) is 11.0. The third kappa shape index (κ3) is 6.33. The van der Waals surface area contributed by atoms with Crippen LogP contribution in [0.25, 0.3) is 0 Å². The number of benzene rings is 2. The van der Waals surface area contributed by atoms with Gasteiger partial charge in [-0.15, -0.1) is 0 Å². The third-order valence-corrected chi connectivity index (χ3v) is 4.05. The molecule has 2 aromatic carbocycles. The van der Waals surface area contributed by atoms with Gasteiger partial charge in [-0.3, -0.25) is 4.79 Å². The molecule has 0 fully saturated rings. The molecule has 6 nitrogen and oxygen atoms in total. The van der Waals surface area contributed by atoms with Crippen molar-refractivity contribution in [1.29, 1.82) is 0 Å². The second kappa shape index (κ2) is 10.2. The molecule has 0 aliphatic heterocycles. The highest BCUT2D eigenvalue weighted by molar-refractivity contribution is 5.90. The number of rotatable bonds is 7. The predicted molar refractivity (Wildman–Crippen MR) is 110 cm³/mol. The van der Waals surface area contributed by atoms with E-state index in [-0.39, 0.29) is 5.91 Å². The maximum atomic E-state index is 11.4. The number of aryl methyl sites for hydroxylation is 1. The highest BCUT2D eigenvalue weighted by atomic mass is 16.5. The number of nitrogens with zero attached hydrogens (tertiary/aromatic N) is 1. The van der Waals surface area contributed by atoms with Gasteiger partial charge in [0.25, 0.3) is 0 Å². The molecule has 2 rings (SSSR count). The molecule has 2 aromatic rings. The number of guanidine groups is 1. The van der Waals surface area contributed by atoms with Crippen molar-refractivity contribution in [3.63, 3.8) is 0 Å². The number of amides is 1. The molecule has 6 heteroatoms. The summed E-state index contributed by atoms with van der Waals surface area (Å²) in [5.41, 5.74) is 4.11. The molecule has 0 spiro atoms. The Hall–Kier alpha value is -3.02.